The number of carbonyl (C=O) groups excluding carboxylic acids is 1. The standard InChI is InChI=1S/C19H18ClN3O2/c1-12-17(19(25)23(22-12)16-6-4-3-5-7-16)18(21-13(2)24)14-8-10-15(20)11-9-14/h3-11,18,22H,1-2H3,(H,21,24). The van der Waals surface area contributed by atoms with E-state index in [1.54, 1.807) is 12.1 Å². The van der Waals surface area contributed by atoms with Gasteiger partial charge in [-0.1, -0.05) is 41.9 Å². The minimum Gasteiger partial charge on any atom is -0.345 e. The number of amides is 1. The molecule has 6 heteroatoms. The van der Waals surface area contributed by atoms with E-state index in [-0.39, 0.29) is 11.5 Å². The zero-order valence-electron chi connectivity index (χ0n) is 13.9. The summed E-state index contributed by atoms with van der Waals surface area (Å²) < 4.78 is 1.48. The minimum atomic E-state index is -0.552. The fourth-order valence-electron chi connectivity index (χ4n) is 2.84. The largest absolute Gasteiger partial charge is 0.345 e. The predicted molar refractivity (Wildman–Crippen MR) is 98.2 cm³/mol. The fourth-order valence-corrected chi connectivity index (χ4v) is 2.97. The van der Waals surface area contributed by atoms with E-state index in [1.807, 2.05) is 49.4 Å². The van der Waals surface area contributed by atoms with Crippen LogP contribution in [-0.4, -0.2) is 15.7 Å². The maximum atomic E-state index is 13.0. The van der Waals surface area contributed by atoms with Gasteiger partial charge in [-0.2, -0.15) is 0 Å². The van der Waals surface area contributed by atoms with E-state index in [1.165, 1.54) is 11.6 Å². The van der Waals surface area contributed by atoms with Gasteiger partial charge in [-0.15, -0.1) is 0 Å². The second-order valence-electron chi connectivity index (χ2n) is 5.81. The van der Waals surface area contributed by atoms with Gasteiger partial charge in [0.25, 0.3) is 5.56 Å². The van der Waals surface area contributed by atoms with E-state index in [2.05, 4.69) is 10.4 Å². The summed E-state index contributed by atoms with van der Waals surface area (Å²) in [6.07, 6.45) is 0. The lowest BCUT2D eigenvalue weighted by Crippen LogP contribution is -2.31. The van der Waals surface area contributed by atoms with Crippen molar-refractivity contribution in [3.8, 4) is 5.69 Å². The van der Waals surface area contributed by atoms with E-state index < -0.39 is 6.04 Å². The van der Waals surface area contributed by atoms with E-state index in [9.17, 15) is 9.59 Å². The number of halogens is 1. The Morgan fingerprint density at radius 2 is 1.76 bits per heavy atom. The average molecular weight is 356 g/mol. The summed E-state index contributed by atoms with van der Waals surface area (Å²) >= 11 is 5.96. The Balaban J connectivity index is 2.13. The van der Waals surface area contributed by atoms with Crippen molar-refractivity contribution in [2.75, 3.05) is 0 Å². The van der Waals surface area contributed by atoms with Crippen LogP contribution in [0.4, 0.5) is 0 Å². The number of benzene rings is 2. The van der Waals surface area contributed by atoms with Gasteiger partial charge in [0.05, 0.1) is 17.3 Å². The molecule has 3 rings (SSSR count). The number of aromatic nitrogens is 2. The Bertz CT molecular complexity index is 943. The van der Waals surface area contributed by atoms with Crippen LogP contribution in [0.15, 0.2) is 59.4 Å². The molecule has 1 unspecified atom stereocenters. The van der Waals surface area contributed by atoms with Gasteiger partial charge >= 0.3 is 0 Å². The van der Waals surface area contributed by atoms with Crippen LogP contribution in [0.2, 0.25) is 5.02 Å². The Labute approximate surface area is 150 Å². The molecule has 3 aromatic rings. The number of hydrogen-bond acceptors (Lipinski definition) is 2. The molecule has 5 nitrogen and oxygen atoms in total. The Morgan fingerprint density at radius 3 is 2.36 bits per heavy atom. The third-order valence-corrected chi connectivity index (χ3v) is 4.22. The monoisotopic (exact) mass is 355 g/mol. The fraction of sp³-hybridized carbons (Fsp3) is 0.158. The van der Waals surface area contributed by atoms with Crippen molar-refractivity contribution >= 4 is 17.5 Å². The number of nitrogens with one attached hydrogen (secondary N) is 2. The summed E-state index contributed by atoms with van der Waals surface area (Å²) in [5.41, 5.74) is 2.53. The molecule has 0 saturated heterocycles. The molecule has 0 aliphatic rings. The second-order valence-corrected chi connectivity index (χ2v) is 6.25. The van der Waals surface area contributed by atoms with Gasteiger partial charge in [-0.05, 0) is 36.8 Å². The second kappa shape index (κ2) is 6.99. The van der Waals surface area contributed by atoms with Gasteiger partial charge in [-0.25, -0.2) is 4.68 Å². The van der Waals surface area contributed by atoms with Gasteiger partial charge in [-0.3, -0.25) is 14.7 Å². The highest BCUT2D eigenvalue weighted by Crippen LogP contribution is 2.24. The first-order valence-corrected chi connectivity index (χ1v) is 8.24. The van der Waals surface area contributed by atoms with Crippen molar-refractivity contribution < 1.29 is 4.79 Å². The molecule has 0 fully saturated rings. The van der Waals surface area contributed by atoms with E-state index in [0.29, 0.717) is 16.3 Å². The molecule has 128 valence electrons. The predicted octanol–water partition coefficient (Wildman–Crippen LogP) is 3.35. The van der Waals surface area contributed by atoms with Crippen molar-refractivity contribution in [1.82, 2.24) is 15.1 Å². The Hall–Kier alpha value is -2.79. The molecule has 1 amide bonds. The van der Waals surface area contributed by atoms with Gasteiger partial charge < -0.3 is 5.32 Å². The Morgan fingerprint density at radius 1 is 1.12 bits per heavy atom. The van der Waals surface area contributed by atoms with Crippen molar-refractivity contribution in [3.05, 3.63) is 86.8 Å². The van der Waals surface area contributed by atoms with E-state index in [4.69, 9.17) is 11.6 Å². The highest BCUT2D eigenvalue weighted by atomic mass is 35.5. The van der Waals surface area contributed by atoms with Crippen molar-refractivity contribution in [2.45, 2.75) is 19.9 Å². The highest BCUT2D eigenvalue weighted by Gasteiger charge is 2.24. The van der Waals surface area contributed by atoms with Gasteiger partial charge in [0, 0.05) is 17.6 Å². The lowest BCUT2D eigenvalue weighted by molar-refractivity contribution is -0.119. The number of rotatable bonds is 4. The number of nitrogens with zero attached hydrogens (tertiary/aromatic N) is 1. The first-order valence-electron chi connectivity index (χ1n) is 7.87. The lowest BCUT2D eigenvalue weighted by atomic mass is 9.99. The van der Waals surface area contributed by atoms with Gasteiger partial charge in [0.1, 0.15) is 0 Å². The summed E-state index contributed by atoms with van der Waals surface area (Å²) in [6.45, 7) is 3.25. The molecular formula is C19H18ClN3O2. The van der Waals surface area contributed by atoms with Crippen molar-refractivity contribution in [1.29, 1.82) is 0 Å². The number of aryl methyl sites for hydroxylation is 1. The van der Waals surface area contributed by atoms with Crippen LogP contribution in [0.5, 0.6) is 0 Å². The number of H-pyrrole nitrogens is 1. The smallest absolute Gasteiger partial charge is 0.277 e. The van der Waals surface area contributed by atoms with Crippen molar-refractivity contribution in [2.24, 2.45) is 0 Å². The summed E-state index contributed by atoms with van der Waals surface area (Å²) in [4.78, 5) is 24.7. The maximum Gasteiger partial charge on any atom is 0.277 e. The van der Waals surface area contributed by atoms with Crippen LogP contribution in [-0.2, 0) is 4.79 Å². The summed E-state index contributed by atoms with van der Waals surface area (Å²) in [6, 6.07) is 15.8. The number of para-hydroxylation sites is 1. The SMILES string of the molecule is CC(=O)NC(c1ccc(Cl)cc1)c1c(C)[nH]n(-c2ccccc2)c1=O. The first-order chi connectivity index (χ1) is 12.0. The first kappa shape index (κ1) is 17.0. The third-order valence-electron chi connectivity index (χ3n) is 3.97. The molecule has 0 aliphatic carbocycles. The molecule has 2 aromatic carbocycles. The molecular weight excluding hydrogens is 338 g/mol. The van der Waals surface area contributed by atoms with Gasteiger partial charge in [0.15, 0.2) is 0 Å². The third kappa shape index (κ3) is 3.51. The molecule has 0 spiro atoms. The van der Waals surface area contributed by atoms with Crippen LogP contribution in [0.1, 0.15) is 29.8 Å². The topological polar surface area (TPSA) is 66.9 Å². The summed E-state index contributed by atoms with van der Waals surface area (Å²) in [5.74, 6) is -0.216. The van der Waals surface area contributed by atoms with E-state index >= 15 is 0 Å². The van der Waals surface area contributed by atoms with Crippen LogP contribution >= 0.6 is 11.6 Å². The van der Waals surface area contributed by atoms with Gasteiger partial charge in [0.2, 0.25) is 5.91 Å². The maximum absolute atomic E-state index is 13.0. The zero-order chi connectivity index (χ0) is 18.0. The van der Waals surface area contributed by atoms with Crippen LogP contribution in [0.25, 0.3) is 5.69 Å². The average Bonchev–Trinajstić information content (AvgIpc) is 2.89. The normalized spacial score (nSPS) is 12.0. The molecule has 0 saturated carbocycles. The Kier molecular flexibility index (Phi) is 4.76. The van der Waals surface area contributed by atoms with Crippen molar-refractivity contribution in [3.63, 3.8) is 0 Å². The van der Waals surface area contributed by atoms with Crippen LogP contribution in [0, 0.1) is 6.92 Å². The molecule has 1 aromatic heterocycles. The number of carbonyl (C=O) groups is 1. The molecule has 1 heterocycles. The van der Waals surface area contributed by atoms with Crippen LogP contribution < -0.4 is 10.9 Å². The molecule has 0 aliphatic heterocycles. The van der Waals surface area contributed by atoms with E-state index in [0.717, 1.165) is 11.3 Å². The molecule has 2 N–H and O–H groups in total. The molecule has 25 heavy (non-hydrogen) atoms. The summed E-state index contributed by atoms with van der Waals surface area (Å²) in [7, 11) is 0. The number of hydrogen-bond donors (Lipinski definition) is 2. The lowest BCUT2D eigenvalue weighted by Gasteiger charge is -2.17. The van der Waals surface area contributed by atoms with Crippen LogP contribution in [0.3, 0.4) is 0 Å². The molecule has 0 bridgehead atoms. The molecule has 0 radical (unpaired) electrons. The summed E-state index contributed by atoms with van der Waals surface area (Å²) in [5, 5.41) is 6.55. The minimum absolute atomic E-state index is 0.197. The quantitative estimate of drug-likeness (QED) is 0.753. The number of aromatic amines is 1. The highest BCUT2D eigenvalue weighted by molar-refractivity contribution is 6.30. The molecule has 1 atom stereocenters. The zero-order valence-corrected chi connectivity index (χ0v) is 14.7.